The lowest BCUT2D eigenvalue weighted by Crippen LogP contribution is -2.44. The van der Waals surface area contributed by atoms with Crippen LogP contribution in [0.4, 0.5) is 11.4 Å². The number of allylic oxidation sites excluding steroid dienone is 2. The fraction of sp³-hybridized carbons (Fsp3) is 0.433. The maximum atomic E-state index is 13.3. The maximum absolute atomic E-state index is 13.3. The first-order valence-corrected chi connectivity index (χ1v) is 13.1. The highest BCUT2D eigenvalue weighted by molar-refractivity contribution is 6.14. The lowest BCUT2D eigenvalue weighted by Gasteiger charge is -2.34. The van der Waals surface area contributed by atoms with Gasteiger partial charge in [0.1, 0.15) is 0 Å². The molecular weight excluding hydrogens is 432 g/mol. The Bertz CT molecular complexity index is 985. The second-order valence-corrected chi connectivity index (χ2v) is 10.3. The number of ketones is 1. The monoisotopic (exact) mass is 470 g/mol. The SMILES string of the molecule is CN1CCN(c2ccc(/C=C3\CCC/C(=C\c4ccc(N5CCN(C)CC5)cc4)C3=O)cc2)CC1. The highest BCUT2D eigenvalue weighted by Crippen LogP contribution is 2.29. The Morgan fingerprint density at radius 3 is 1.31 bits per heavy atom. The van der Waals surface area contributed by atoms with E-state index in [1.807, 2.05) is 0 Å². The van der Waals surface area contributed by atoms with Gasteiger partial charge in [-0.05, 0) is 80.9 Å². The average Bonchev–Trinajstić information content (AvgIpc) is 2.88. The fourth-order valence-corrected chi connectivity index (χ4v) is 5.27. The molecule has 0 bridgehead atoms. The Labute approximate surface area is 210 Å². The number of anilines is 2. The fourth-order valence-electron chi connectivity index (χ4n) is 5.27. The van der Waals surface area contributed by atoms with E-state index in [2.05, 4.69) is 94.4 Å². The maximum Gasteiger partial charge on any atom is 0.185 e. The van der Waals surface area contributed by atoms with Crippen molar-refractivity contribution in [3.8, 4) is 0 Å². The molecule has 3 fully saturated rings. The molecule has 2 aliphatic heterocycles. The van der Waals surface area contributed by atoms with E-state index < -0.39 is 0 Å². The van der Waals surface area contributed by atoms with Gasteiger partial charge in [-0.3, -0.25) is 4.79 Å². The number of rotatable bonds is 4. The smallest absolute Gasteiger partial charge is 0.185 e. The van der Waals surface area contributed by atoms with Crippen molar-refractivity contribution < 1.29 is 4.79 Å². The van der Waals surface area contributed by atoms with Gasteiger partial charge in [0.05, 0.1) is 0 Å². The van der Waals surface area contributed by atoms with Crippen molar-refractivity contribution in [3.63, 3.8) is 0 Å². The molecule has 0 aromatic heterocycles. The van der Waals surface area contributed by atoms with Gasteiger partial charge >= 0.3 is 0 Å². The molecule has 0 N–H and O–H groups in total. The summed E-state index contributed by atoms with van der Waals surface area (Å²) in [5, 5.41) is 0. The normalized spacial score (nSPS) is 22.9. The summed E-state index contributed by atoms with van der Waals surface area (Å²) >= 11 is 0. The molecule has 1 saturated carbocycles. The Hall–Kier alpha value is -2.89. The van der Waals surface area contributed by atoms with E-state index in [0.29, 0.717) is 0 Å². The van der Waals surface area contributed by atoms with Crippen LogP contribution >= 0.6 is 0 Å². The van der Waals surface area contributed by atoms with Crippen LogP contribution < -0.4 is 9.80 Å². The van der Waals surface area contributed by atoms with Crippen LogP contribution in [0.15, 0.2) is 59.7 Å². The number of piperazine rings is 2. The molecule has 35 heavy (non-hydrogen) atoms. The largest absolute Gasteiger partial charge is 0.369 e. The van der Waals surface area contributed by atoms with Crippen molar-refractivity contribution in [2.45, 2.75) is 19.3 Å². The molecule has 5 nitrogen and oxygen atoms in total. The second-order valence-electron chi connectivity index (χ2n) is 10.3. The van der Waals surface area contributed by atoms with Gasteiger partial charge in [0.15, 0.2) is 5.78 Å². The topological polar surface area (TPSA) is 30.0 Å². The molecule has 5 heteroatoms. The molecule has 184 valence electrons. The molecule has 2 saturated heterocycles. The van der Waals surface area contributed by atoms with Gasteiger partial charge in [0.25, 0.3) is 0 Å². The van der Waals surface area contributed by atoms with E-state index in [-0.39, 0.29) is 5.78 Å². The first-order chi connectivity index (χ1) is 17.0. The van der Waals surface area contributed by atoms with E-state index >= 15 is 0 Å². The van der Waals surface area contributed by atoms with Crippen LogP contribution in [-0.4, -0.2) is 82.0 Å². The third-order valence-corrected chi connectivity index (χ3v) is 7.68. The van der Waals surface area contributed by atoms with Crippen LogP contribution in [0.1, 0.15) is 30.4 Å². The summed E-state index contributed by atoms with van der Waals surface area (Å²) in [6, 6.07) is 17.4. The molecular formula is C30H38N4O. The summed E-state index contributed by atoms with van der Waals surface area (Å²) in [4.78, 5) is 22.9. The number of benzene rings is 2. The van der Waals surface area contributed by atoms with E-state index in [1.54, 1.807) is 0 Å². The minimum atomic E-state index is 0.211. The van der Waals surface area contributed by atoms with Gasteiger partial charge in [-0.2, -0.15) is 0 Å². The standard InChI is InChI=1S/C30H38N4O/c1-31-14-18-33(19-15-31)28-10-6-24(7-11-28)22-26-4-3-5-27(30(26)35)23-25-8-12-29(13-9-25)34-20-16-32(2)17-21-34/h6-13,22-23H,3-5,14-21H2,1-2H3/b26-22+,27-23+. The van der Waals surface area contributed by atoms with E-state index in [9.17, 15) is 4.79 Å². The Kier molecular flexibility index (Phi) is 7.35. The lowest BCUT2D eigenvalue weighted by atomic mass is 9.87. The van der Waals surface area contributed by atoms with Crippen LogP contribution in [0.25, 0.3) is 12.2 Å². The number of carbonyl (C=O) groups excluding carboxylic acids is 1. The third-order valence-electron chi connectivity index (χ3n) is 7.68. The number of hydrogen-bond donors (Lipinski definition) is 0. The number of carbonyl (C=O) groups is 1. The minimum absolute atomic E-state index is 0.211. The molecule has 1 aliphatic carbocycles. The van der Waals surface area contributed by atoms with Gasteiger partial charge in [-0.1, -0.05) is 24.3 Å². The molecule has 3 aliphatic rings. The highest BCUT2D eigenvalue weighted by Gasteiger charge is 2.21. The highest BCUT2D eigenvalue weighted by atomic mass is 16.1. The van der Waals surface area contributed by atoms with Crippen molar-refractivity contribution in [1.82, 2.24) is 9.80 Å². The number of nitrogens with zero attached hydrogens (tertiary/aromatic N) is 4. The summed E-state index contributed by atoms with van der Waals surface area (Å²) in [5.74, 6) is 0.211. The zero-order valence-corrected chi connectivity index (χ0v) is 21.2. The summed E-state index contributed by atoms with van der Waals surface area (Å²) in [7, 11) is 4.36. The summed E-state index contributed by atoms with van der Waals surface area (Å²) < 4.78 is 0. The number of hydrogen-bond acceptors (Lipinski definition) is 5. The van der Waals surface area contributed by atoms with Gasteiger partial charge in [0.2, 0.25) is 0 Å². The van der Waals surface area contributed by atoms with Crippen molar-refractivity contribution in [3.05, 3.63) is 70.8 Å². The van der Waals surface area contributed by atoms with Gasteiger partial charge in [0, 0.05) is 74.9 Å². The van der Waals surface area contributed by atoms with Crippen molar-refractivity contribution in [1.29, 1.82) is 0 Å². The molecule has 5 rings (SSSR count). The third kappa shape index (κ3) is 5.85. The molecule has 2 aromatic carbocycles. The zero-order valence-electron chi connectivity index (χ0n) is 21.2. The molecule has 0 spiro atoms. The molecule has 2 heterocycles. The van der Waals surface area contributed by atoms with E-state index in [1.165, 1.54) is 11.4 Å². The van der Waals surface area contributed by atoms with Gasteiger partial charge in [-0.15, -0.1) is 0 Å². The van der Waals surface area contributed by atoms with Gasteiger partial charge in [-0.25, -0.2) is 0 Å². The Morgan fingerprint density at radius 2 is 0.943 bits per heavy atom. The predicted octanol–water partition coefficient (Wildman–Crippen LogP) is 4.41. The second kappa shape index (κ2) is 10.8. The van der Waals surface area contributed by atoms with Crippen LogP contribution in [0, 0.1) is 0 Å². The van der Waals surface area contributed by atoms with Crippen molar-refractivity contribution in [2.24, 2.45) is 0 Å². The Balaban J connectivity index is 1.25. The number of likely N-dealkylation sites (N-methyl/N-ethyl adjacent to an activating group) is 2. The molecule has 0 unspecified atom stereocenters. The summed E-state index contributed by atoms with van der Waals surface area (Å²) in [6.07, 6.45) is 6.94. The lowest BCUT2D eigenvalue weighted by molar-refractivity contribution is -0.112. The predicted molar refractivity (Wildman–Crippen MR) is 147 cm³/mol. The summed E-state index contributed by atoms with van der Waals surface area (Å²) in [6.45, 7) is 8.70. The van der Waals surface area contributed by atoms with Crippen molar-refractivity contribution in [2.75, 3.05) is 76.3 Å². The van der Waals surface area contributed by atoms with Crippen LogP contribution in [-0.2, 0) is 4.79 Å². The van der Waals surface area contributed by atoms with Crippen LogP contribution in [0.2, 0.25) is 0 Å². The van der Waals surface area contributed by atoms with Gasteiger partial charge < -0.3 is 19.6 Å². The van der Waals surface area contributed by atoms with Crippen molar-refractivity contribution >= 4 is 29.3 Å². The van der Waals surface area contributed by atoms with Crippen LogP contribution in [0.3, 0.4) is 0 Å². The quantitative estimate of drug-likeness (QED) is 0.618. The summed E-state index contributed by atoms with van der Waals surface area (Å²) in [5.41, 5.74) is 6.65. The molecule has 0 radical (unpaired) electrons. The van der Waals surface area contributed by atoms with Crippen LogP contribution in [0.5, 0.6) is 0 Å². The van der Waals surface area contributed by atoms with E-state index in [4.69, 9.17) is 0 Å². The minimum Gasteiger partial charge on any atom is -0.369 e. The number of Topliss-reactive ketones (excluding diaryl/α,β-unsaturated/α-hetero) is 1. The molecule has 2 aromatic rings. The average molecular weight is 471 g/mol. The first kappa shape index (κ1) is 23.8. The first-order valence-electron chi connectivity index (χ1n) is 13.1. The molecule has 0 atom stereocenters. The molecule has 0 amide bonds. The Morgan fingerprint density at radius 1 is 0.571 bits per heavy atom. The van der Waals surface area contributed by atoms with E-state index in [0.717, 1.165) is 93.9 Å². The zero-order chi connectivity index (χ0) is 24.2.